The van der Waals surface area contributed by atoms with Crippen LogP contribution in [0, 0.1) is 6.92 Å². The van der Waals surface area contributed by atoms with E-state index in [9.17, 15) is 14.4 Å². The van der Waals surface area contributed by atoms with Crippen molar-refractivity contribution in [2.45, 2.75) is 25.8 Å². The molecule has 140 valence electrons. The molecule has 0 bridgehead atoms. The number of carboxylic acids is 1. The van der Waals surface area contributed by atoms with Crippen molar-refractivity contribution < 1.29 is 19.5 Å². The van der Waals surface area contributed by atoms with Gasteiger partial charge in [0.1, 0.15) is 0 Å². The Kier molecular flexibility index (Phi) is 5.54. The Hall–Kier alpha value is -3.15. The summed E-state index contributed by atoms with van der Waals surface area (Å²) in [6.45, 7) is 3.13. The smallest absolute Gasteiger partial charge is 0.335 e. The molecule has 1 fully saturated rings. The molecule has 1 heterocycles. The third kappa shape index (κ3) is 4.53. The first kappa shape index (κ1) is 18.6. The van der Waals surface area contributed by atoms with Gasteiger partial charge in [-0.25, -0.2) is 4.79 Å². The molecule has 2 amide bonds. The van der Waals surface area contributed by atoms with Crippen LogP contribution in [0.25, 0.3) is 0 Å². The first-order valence-corrected chi connectivity index (χ1v) is 8.94. The topological polar surface area (TPSA) is 86.7 Å². The van der Waals surface area contributed by atoms with E-state index in [1.54, 1.807) is 17.0 Å². The van der Waals surface area contributed by atoms with Gasteiger partial charge in [0, 0.05) is 30.3 Å². The van der Waals surface area contributed by atoms with Gasteiger partial charge in [-0.15, -0.1) is 0 Å². The van der Waals surface area contributed by atoms with Crippen LogP contribution in [-0.4, -0.2) is 46.9 Å². The summed E-state index contributed by atoms with van der Waals surface area (Å²) in [5.74, 6) is -1.34. The van der Waals surface area contributed by atoms with Gasteiger partial charge < -0.3 is 15.3 Å². The van der Waals surface area contributed by atoms with Crippen LogP contribution in [-0.2, 0) is 0 Å². The summed E-state index contributed by atoms with van der Waals surface area (Å²) in [6.07, 6.45) is 1.34. The molecule has 3 rings (SSSR count). The van der Waals surface area contributed by atoms with E-state index in [2.05, 4.69) is 5.32 Å². The second kappa shape index (κ2) is 8.03. The van der Waals surface area contributed by atoms with Gasteiger partial charge in [0.25, 0.3) is 11.8 Å². The molecule has 0 spiro atoms. The number of rotatable bonds is 4. The van der Waals surface area contributed by atoms with Gasteiger partial charge in [-0.05, 0) is 50.1 Å². The Bertz CT molecular complexity index is 853. The number of hydrogen-bond donors (Lipinski definition) is 2. The molecule has 1 aliphatic heterocycles. The minimum Gasteiger partial charge on any atom is -0.478 e. The van der Waals surface area contributed by atoms with Gasteiger partial charge in [0.15, 0.2) is 0 Å². The van der Waals surface area contributed by atoms with Crippen LogP contribution in [0.3, 0.4) is 0 Å². The van der Waals surface area contributed by atoms with Crippen molar-refractivity contribution in [1.29, 1.82) is 0 Å². The Morgan fingerprint density at radius 2 is 1.59 bits per heavy atom. The molecule has 0 unspecified atom stereocenters. The van der Waals surface area contributed by atoms with Crippen LogP contribution in [0.4, 0.5) is 0 Å². The third-order valence-corrected chi connectivity index (χ3v) is 4.79. The highest BCUT2D eigenvalue weighted by Gasteiger charge is 2.25. The number of carbonyl (C=O) groups is 3. The van der Waals surface area contributed by atoms with E-state index in [-0.39, 0.29) is 23.4 Å². The maximum absolute atomic E-state index is 12.5. The predicted octanol–water partition coefficient (Wildman–Crippen LogP) is 2.73. The zero-order valence-electron chi connectivity index (χ0n) is 15.1. The quantitative estimate of drug-likeness (QED) is 0.871. The number of hydrogen-bond acceptors (Lipinski definition) is 3. The van der Waals surface area contributed by atoms with Crippen LogP contribution in [0.2, 0.25) is 0 Å². The number of likely N-dealkylation sites (tertiary alicyclic amines) is 1. The molecule has 2 aromatic rings. The second-order valence-corrected chi connectivity index (χ2v) is 6.79. The Labute approximate surface area is 157 Å². The van der Waals surface area contributed by atoms with Crippen molar-refractivity contribution in [3.63, 3.8) is 0 Å². The summed E-state index contributed by atoms with van der Waals surface area (Å²) < 4.78 is 0. The first-order valence-electron chi connectivity index (χ1n) is 8.94. The predicted molar refractivity (Wildman–Crippen MR) is 101 cm³/mol. The van der Waals surface area contributed by atoms with E-state index < -0.39 is 5.97 Å². The van der Waals surface area contributed by atoms with E-state index in [1.807, 2.05) is 31.2 Å². The minimum absolute atomic E-state index is 0.00827. The Morgan fingerprint density at radius 1 is 0.963 bits per heavy atom. The van der Waals surface area contributed by atoms with Gasteiger partial charge >= 0.3 is 5.97 Å². The van der Waals surface area contributed by atoms with Gasteiger partial charge in [-0.1, -0.05) is 23.8 Å². The largest absolute Gasteiger partial charge is 0.478 e. The zero-order chi connectivity index (χ0) is 19.4. The summed E-state index contributed by atoms with van der Waals surface area (Å²) in [5.41, 5.74) is 2.20. The van der Waals surface area contributed by atoms with Crippen LogP contribution in [0.15, 0.2) is 48.5 Å². The number of nitrogens with zero attached hydrogens (tertiary/aromatic N) is 1. The van der Waals surface area contributed by atoms with Crippen LogP contribution in [0.1, 0.15) is 49.5 Å². The van der Waals surface area contributed by atoms with E-state index in [1.165, 1.54) is 12.1 Å². The lowest BCUT2D eigenvalue weighted by Crippen LogP contribution is -2.46. The molecule has 6 heteroatoms. The van der Waals surface area contributed by atoms with Crippen molar-refractivity contribution in [1.82, 2.24) is 10.2 Å². The van der Waals surface area contributed by atoms with Gasteiger partial charge in [-0.3, -0.25) is 9.59 Å². The summed E-state index contributed by atoms with van der Waals surface area (Å²) in [4.78, 5) is 37.8. The number of carboxylic acid groups (broad SMARTS) is 1. The molecule has 2 N–H and O–H groups in total. The molecular weight excluding hydrogens is 344 g/mol. The normalized spacial score (nSPS) is 14.6. The number of aromatic carboxylic acids is 1. The average Bonchev–Trinajstić information content (AvgIpc) is 2.68. The number of nitrogens with one attached hydrogen (secondary N) is 1. The van der Waals surface area contributed by atoms with Crippen molar-refractivity contribution in [2.24, 2.45) is 0 Å². The van der Waals surface area contributed by atoms with Crippen LogP contribution >= 0.6 is 0 Å². The van der Waals surface area contributed by atoms with Crippen molar-refractivity contribution in [3.8, 4) is 0 Å². The fourth-order valence-corrected chi connectivity index (χ4v) is 3.17. The monoisotopic (exact) mass is 366 g/mol. The molecule has 27 heavy (non-hydrogen) atoms. The molecule has 0 radical (unpaired) electrons. The summed E-state index contributed by atoms with van der Waals surface area (Å²) >= 11 is 0. The number of carbonyl (C=O) groups excluding carboxylic acids is 2. The van der Waals surface area contributed by atoms with Crippen molar-refractivity contribution in [3.05, 3.63) is 70.8 Å². The van der Waals surface area contributed by atoms with E-state index >= 15 is 0 Å². The molecule has 0 saturated carbocycles. The minimum atomic E-state index is -1.06. The summed E-state index contributed by atoms with van der Waals surface area (Å²) in [5, 5.41) is 12.0. The molecule has 0 aliphatic carbocycles. The molecule has 1 aliphatic rings. The third-order valence-electron chi connectivity index (χ3n) is 4.79. The maximum atomic E-state index is 12.5. The lowest BCUT2D eigenvalue weighted by atomic mass is 10.0. The molecule has 0 aromatic heterocycles. The summed E-state index contributed by atoms with van der Waals surface area (Å²) in [6, 6.07) is 13.5. The average molecular weight is 366 g/mol. The lowest BCUT2D eigenvalue weighted by Gasteiger charge is -2.32. The number of piperidine rings is 1. The van der Waals surface area contributed by atoms with E-state index in [0.717, 1.165) is 5.56 Å². The highest BCUT2D eigenvalue weighted by Crippen LogP contribution is 2.15. The number of benzene rings is 2. The van der Waals surface area contributed by atoms with Crippen LogP contribution < -0.4 is 5.32 Å². The lowest BCUT2D eigenvalue weighted by molar-refractivity contribution is 0.0688. The number of aryl methyl sites for hydroxylation is 1. The first-order chi connectivity index (χ1) is 12.9. The fourth-order valence-electron chi connectivity index (χ4n) is 3.17. The van der Waals surface area contributed by atoms with E-state index in [0.29, 0.717) is 37.1 Å². The molecule has 6 nitrogen and oxygen atoms in total. The van der Waals surface area contributed by atoms with E-state index in [4.69, 9.17) is 5.11 Å². The Balaban J connectivity index is 1.55. The molecule has 0 atom stereocenters. The second-order valence-electron chi connectivity index (χ2n) is 6.79. The summed E-state index contributed by atoms with van der Waals surface area (Å²) in [7, 11) is 0. The van der Waals surface area contributed by atoms with Crippen molar-refractivity contribution >= 4 is 17.8 Å². The van der Waals surface area contributed by atoms with Crippen molar-refractivity contribution in [2.75, 3.05) is 13.1 Å². The maximum Gasteiger partial charge on any atom is 0.335 e. The number of amides is 2. The Morgan fingerprint density at radius 3 is 2.22 bits per heavy atom. The molecular formula is C21H22N2O4. The zero-order valence-corrected chi connectivity index (χ0v) is 15.1. The molecule has 1 saturated heterocycles. The SMILES string of the molecule is Cc1ccc(C(=O)N2CCC(NC(=O)c3cccc(C(=O)O)c3)CC2)cc1. The standard InChI is InChI=1S/C21H22N2O4/c1-14-5-7-15(8-6-14)20(25)23-11-9-18(10-12-23)22-19(24)16-3-2-4-17(13-16)21(26)27/h2-8,13,18H,9-12H2,1H3,(H,22,24)(H,26,27). The highest BCUT2D eigenvalue weighted by atomic mass is 16.4. The van der Waals surface area contributed by atoms with Crippen LogP contribution in [0.5, 0.6) is 0 Å². The molecule has 2 aromatic carbocycles. The fraction of sp³-hybridized carbons (Fsp3) is 0.286. The van der Waals surface area contributed by atoms with Gasteiger partial charge in [0.05, 0.1) is 5.56 Å². The van der Waals surface area contributed by atoms with Gasteiger partial charge in [-0.2, -0.15) is 0 Å². The highest BCUT2D eigenvalue weighted by molar-refractivity contribution is 5.97. The van der Waals surface area contributed by atoms with Gasteiger partial charge in [0.2, 0.25) is 0 Å².